The van der Waals surface area contributed by atoms with Gasteiger partial charge in [-0.15, -0.1) is 10.2 Å². The van der Waals surface area contributed by atoms with E-state index in [1.807, 2.05) is 60.7 Å². The van der Waals surface area contributed by atoms with E-state index >= 15 is 0 Å². The van der Waals surface area contributed by atoms with Crippen LogP contribution in [0.4, 0.5) is 0 Å². The van der Waals surface area contributed by atoms with Crippen LogP contribution < -0.4 is 14.8 Å². The fourth-order valence-electron chi connectivity index (χ4n) is 2.63. The quantitative estimate of drug-likeness (QED) is 0.588. The number of aromatic nitrogens is 2. The number of rotatable bonds is 8. The fraction of sp³-hybridized carbons (Fsp3) is 0.190. The summed E-state index contributed by atoms with van der Waals surface area (Å²) in [7, 11) is 3.24. The number of nitrogens with one attached hydrogen (secondary N) is 1. The van der Waals surface area contributed by atoms with E-state index in [9.17, 15) is 4.79 Å². The number of carbonyl (C=O) groups excluding carboxylic acids is 1. The Balaban J connectivity index is 1.54. The number of benzene rings is 2. The van der Waals surface area contributed by atoms with Crippen molar-refractivity contribution in [3.8, 4) is 22.8 Å². The Morgan fingerprint density at radius 1 is 0.929 bits per heavy atom. The van der Waals surface area contributed by atoms with Gasteiger partial charge in [0.15, 0.2) is 0 Å². The molecule has 1 N–H and O–H groups in total. The first-order valence-electron chi connectivity index (χ1n) is 8.69. The Bertz CT molecular complexity index is 932. The highest BCUT2D eigenvalue weighted by molar-refractivity contribution is 7.99. The van der Waals surface area contributed by atoms with Gasteiger partial charge in [-0.05, 0) is 30.3 Å². The second-order valence-corrected chi connectivity index (χ2v) is 6.83. The third-order valence-electron chi connectivity index (χ3n) is 4.04. The first-order chi connectivity index (χ1) is 13.7. The van der Waals surface area contributed by atoms with Crippen molar-refractivity contribution in [2.45, 2.75) is 11.6 Å². The van der Waals surface area contributed by atoms with Crippen molar-refractivity contribution < 1.29 is 14.3 Å². The summed E-state index contributed by atoms with van der Waals surface area (Å²) in [6.07, 6.45) is 0. The molecular weight excluding hydrogens is 374 g/mol. The van der Waals surface area contributed by atoms with Crippen molar-refractivity contribution in [2.24, 2.45) is 0 Å². The van der Waals surface area contributed by atoms with Gasteiger partial charge in [0.2, 0.25) is 5.91 Å². The van der Waals surface area contributed by atoms with Crippen LogP contribution in [-0.4, -0.2) is 36.1 Å². The molecule has 0 spiro atoms. The van der Waals surface area contributed by atoms with Crippen LogP contribution in [0.1, 0.15) is 5.56 Å². The first kappa shape index (κ1) is 19.7. The van der Waals surface area contributed by atoms with Crippen molar-refractivity contribution in [3.05, 3.63) is 66.2 Å². The Morgan fingerprint density at radius 2 is 1.64 bits per heavy atom. The summed E-state index contributed by atoms with van der Waals surface area (Å²) in [5, 5.41) is 12.0. The van der Waals surface area contributed by atoms with E-state index in [-0.39, 0.29) is 11.7 Å². The Labute approximate surface area is 168 Å². The molecule has 0 fully saturated rings. The van der Waals surface area contributed by atoms with Crippen LogP contribution in [0.15, 0.2) is 65.7 Å². The number of amides is 1. The molecule has 3 aromatic rings. The van der Waals surface area contributed by atoms with Crippen LogP contribution in [0.5, 0.6) is 11.5 Å². The van der Waals surface area contributed by atoms with Gasteiger partial charge < -0.3 is 14.8 Å². The van der Waals surface area contributed by atoms with E-state index < -0.39 is 0 Å². The Kier molecular flexibility index (Phi) is 6.86. The van der Waals surface area contributed by atoms with Gasteiger partial charge in [0.1, 0.15) is 16.5 Å². The molecule has 0 aliphatic carbocycles. The van der Waals surface area contributed by atoms with Crippen LogP contribution in [0, 0.1) is 0 Å². The number of ether oxygens (including phenoxy) is 2. The number of nitrogens with zero attached hydrogens (tertiary/aromatic N) is 2. The normalized spacial score (nSPS) is 10.4. The smallest absolute Gasteiger partial charge is 0.230 e. The average molecular weight is 395 g/mol. The maximum atomic E-state index is 12.1. The predicted molar refractivity (Wildman–Crippen MR) is 110 cm³/mol. The summed E-state index contributed by atoms with van der Waals surface area (Å²) in [5.41, 5.74) is 2.54. The molecule has 0 aliphatic heterocycles. The van der Waals surface area contributed by atoms with Crippen molar-refractivity contribution in [2.75, 3.05) is 20.0 Å². The molecule has 2 aromatic carbocycles. The van der Waals surface area contributed by atoms with Gasteiger partial charge in [0, 0.05) is 17.7 Å². The third kappa shape index (κ3) is 5.01. The summed E-state index contributed by atoms with van der Waals surface area (Å²) in [5.74, 6) is 1.69. The summed E-state index contributed by atoms with van der Waals surface area (Å²) in [6.45, 7) is 0.418. The zero-order valence-corrected chi connectivity index (χ0v) is 16.5. The number of methoxy groups -OCH3 is 2. The van der Waals surface area contributed by atoms with E-state index in [1.165, 1.54) is 11.8 Å². The average Bonchev–Trinajstić information content (AvgIpc) is 2.76. The highest BCUT2D eigenvalue weighted by atomic mass is 32.2. The molecule has 6 nitrogen and oxygen atoms in total. The Hall–Kier alpha value is -3.06. The second-order valence-electron chi connectivity index (χ2n) is 5.83. The van der Waals surface area contributed by atoms with Crippen LogP contribution in [0.3, 0.4) is 0 Å². The summed E-state index contributed by atoms with van der Waals surface area (Å²) < 4.78 is 10.6. The number of thioether (sulfide) groups is 1. The number of para-hydroxylation sites is 2. The molecule has 1 amide bonds. The van der Waals surface area contributed by atoms with E-state index in [4.69, 9.17) is 9.47 Å². The molecule has 3 rings (SSSR count). The second kappa shape index (κ2) is 9.75. The van der Waals surface area contributed by atoms with Gasteiger partial charge in [-0.1, -0.05) is 42.1 Å². The molecule has 0 unspecified atom stereocenters. The third-order valence-corrected chi connectivity index (χ3v) is 4.96. The molecule has 28 heavy (non-hydrogen) atoms. The monoisotopic (exact) mass is 395 g/mol. The van der Waals surface area contributed by atoms with Crippen LogP contribution in [-0.2, 0) is 11.3 Å². The lowest BCUT2D eigenvalue weighted by molar-refractivity contribution is -0.118. The molecule has 7 heteroatoms. The van der Waals surface area contributed by atoms with Crippen LogP contribution in [0.2, 0.25) is 0 Å². The first-order valence-corrected chi connectivity index (χ1v) is 9.68. The molecule has 144 valence electrons. The zero-order valence-electron chi connectivity index (χ0n) is 15.7. The summed E-state index contributed by atoms with van der Waals surface area (Å²) in [6, 6.07) is 19.0. The van der Waals surface area contributed by atoms with Crippen molar-refractivity contribution in [1.82, 2.24) is 15.5 Å². The van der Waals surface area contributed by atoms with Gasteiger partial charge in [-0.2, -0.15) is 0 Å². The standard InChI is InChI=1S/C21H21N3O3S/c1-26-18-9-5-3-7-15(18)13-22-20(25)14-28-21-12-11-17(23-24-21)16-8-4-6-10-19(16)27-2/h3-12H,13-14H2,1-2H3,(H,22,25). The molecule has 1 heterocycles. The highest BCUT2D eigenvalue weighted by Gasteiger charge is 2.09. The number of hydrogen-bond acceptors (Lipinski definition) is 6. The molecule has 0 atom stereocenters. The van der Waals surface area contributed by atoms with Gasteiger partial charge in [0.05, 0.1) is 25.7 Å². The lowest BCUT2D eigenvalue weighted by Gasteiger charge is -2.09. The summed E-state index contributed by atoms with van der Waals surface area (Å²) >= 11 is 1.34. The Morgan fingerprint density at radius 3 is 2.36 bits per heavy atom. The number of carbonyl (C=O) groups is 1. The lowest BCUT2D eigenvalue weighted by atomic mass is 10.1. The minimum atomic E-state index is -0.0773. The van der Waals surface area contributed by atoms with Gasteiger partial charge in [0.25, 0.3) is 0 Å². The minimum absolute atomic E-state index is 0.0773. The fourth-order valence-corrected chi connectivity index (χ4v) is 3.27. The topological polar surface area (TPSA) is 73.3 Å². The molecule has 0 bridgehead atoms. The van der Waals surface area contributed by atoms with Gasteiger partial charge in [-0.3, -0.25) is 4.79 Å². The summed E-state index contributed by atoms with van der Waals surface area (Å²) in [4.78, 5) is 12.1. The molecule has 0 aliphatic rings. The predicted octanol–water partition coefficient (Wildman–Crippen LogP) is 3.57. The zero-order chi connectivity index (χ0) is 19.8. The van der Waals surface area contributed by atoms with E-state index in [0.29, 0.717) is 11.6 Å². The molecule has 0 saturated carbocycles. The van der Waals surface area contributed by atoms with Crippen molar-refractivity contribution >= 4 is 17.7 Å². The molecular formula is C21H21N3O3S. The van der Waals surface area contributed by atoms with E-state index in [1.54, 1.807) is 14.2 Å². The van der Waals surface area contributed by atoms with E-state index in [0.717, 1.165) is 28.3 Å². The lowest BCUT2D eigenvalue weighted by Crippen LogP contribution is -2.24. The SMILES string of the molecule is COc1ccccc1CNC(=O)CSc1ccc(-c2ccccc2OC)nn1. The molecule has 1 aromatic heterocycles. The van der Waals surface area contributed by atoms with Crippen molar-refractivity contribution in [3.63, 3.8) is 0 Å². The van der Waals surface area contributed by atoms with Gasteiger partial charge >= 0.3 is 0 Å². The largest absolute Gasteiger partial charge is 0.496 e. The minimum Gasteiger partial charge on any atom is -0.496 e. The van der Waals surface area contributed by atoms with Crippen molar-refractivity contribution in [1.29, 1.82) is 0 Å². The number of hydrogen-bond donors (Lipinski definition) is 1. The highest BCUT2D eigenvalue weighted by Crippen LogP contribution is 2.28. The maximum absolute atomic E-state index is 12.1. The van der Waals surface area contributed by atoms with Crippen LogP contribution in [0.25, 0.3) is 11.3 Å². The molecule has 0 radical (unpaired) electrons. The molecule has 0 saturated heterocycles. The van der Waals surface area contributed by atoms with Gasteiger partial charge in [-0.25, -0.2) is 0 Å². The maximum Gasteiger partial charge on any atom is 0.230 e. The van der Waals surface area contributed by atoms with Crippen LogP contribution >= 0.6 is 11.8 Å². The van der Waals surface area contributed by atoms with E-state index in [2.05, 4.69) is 15.5 Å².